The number of hydrogen-bond donors (Lipinski definition) is 1. The van der Waals surface area contributed by atoms with E-state index in [1.807, 2.05) is 12.1 Å². The van der Waals surface area contributed by atoms with Crippen LogP contribution in [0.2, 0.25) is 0 Å². The molecule has 1 unspecified atom stereocenters. The van der Waals surface area contributed by atoms with Crippen LogP contribution in [0.25, 0.3) is 0 Å². The van der Waals surface area contributed by atoms with Crippen LogP contribution < -0.4 is 4.74 Å². The monoisotopic (exact) mass is 285 g/mol. The number of carboxylic acid groups (broad SMARTS) is 1. The van der Waals surface area contributed by atoms with Crippen LogP contribution in [-0.4, -0.2) is 16.1 Å². The lowest BCUT2D eigenvalue weighted by Gasteiger charge is -2.10. The van der Waals surface area contributed by atoms with Crippen molar-refractivity contribution < 1.29 is 14.6 Å². The van der Waals surface area contributed by atoms with E-state index in [2.05, 4.69) is 31.0 Å². The van der Waals surface area contributed by atoms with Gasteiger partial charge in [0.25, 0.3) is 0 Å². The number of benzene rings is 1. The summed E-state index contributed by atoms with van der Waals surface area (Å²) in [5, 5.41) is 8.90. The van der Waals surface area contributed by atoms with E-state index in [0.717, 1.165) is 12.2 Å². The summed E-state index contributed by atoms with van der Waals surface area (Å²) in [5.74, 6) is 0.257. The molecule has 0 saturated carbocycles. The van der Waals surface area contributed by atoms with Gasteiger partial charge in [-0.05, 0) is 42.2 Å². The van der Waals surface area contributed by atoms with Crippen LogP contribution in [0, 0.1) is 0 Å². The van der Waals surface area contributed by atoms with Crippen molar-refractivity contribution in [3.63, 3.8) is 0 Å². The molecule has 1 atom stereocenters. The Morgan fingerprint density at radius 3 is 2.57 bits per heavy atom. The average Bonchev–Trinajstić information content (AvgIpc) is 2.53. The minimum absolute atomic E-state index is 0.0308. The maximum Gasteiger partial charge on any atom is 0.354 e. The lowest BCUT2D eigenvalue weighted by molar-refractivity contribution is 0.0690. The molecule has 1 aromatic carbocycles. The van der Waals surface area contributed by atoms with Crippen molar-refractivity contribution in [2.45, 2.75) is 32.8 Å². The van der Waals surface area contributed by atoms with Crippen molar-refractivity contribution in [1.29, 1.82) is 0 Å². The molecule has 0 aliphatic heterocycles. The van der Waals surface area contributed by atoms with E-state index in [1.54, 1.807) is 12.1 Å². The van der Waals surface area contributed by atoms with Crippen LogP contribution in [-0.2, 0) is 6.61 Å². The maximum atomic E-state index is 10.9. The van der Waals surface area contributed by atoms with Gasteiger partial charge < -0.3 is 9.84 Å². The number of carbonyl (C=O) groups is 1. The molecule has 0 amide bonds. The summed E-state index contributed by atoms with van der Waals surface area (Å²) in [6.45, 7) is 4.61. The molecule has 0 fully saturated rings. The molecule has 0 spiro atoms. The lowest BCUT2D eigenvalue weighted by atomic mass is 9.99. The van der Waals surface area contributed by atoms with Gasteiger partial charge in [-0.2, -0.15) is 0 Å². The predicted molar refractivity (Wildman–Crippen MR) is 80.7 cm³/mol. The van der Waals surface area contributed by atoms with Crippen molar-refractivity contribution in [2.75, 3.05) is 0 Å². The number of ether oxygens (including phenoxy) is 1. The Morgan fingerprint density at radius 2 is 1.95 bits per heavy atom. The third-order valence-corrected chi connectivity index (χ3v) is 3.47. The van der Waals surface area contributed by atoms with Gasteiger partial charge in [0.05, 0.1) is 5.69 Å². The fourth-order valence-electron chi connectivity index (χ4n) is 1.96. The molecule has 1 aromatic heterocycles. The number of hydrogen-bond acceptors (Lipinski definition) is 3. The smallest absolute Gasteiger partial charge is 0.354 e. The first-order chi connectivity index (χ1) is 10.1. The molecule has 21 heavy (non-hydrogen) atoms. The van der Waals surface area contributed by atoms with Gasteiger partial charge in [-0.3, -0.25) is 0 Å². The van der Waals surface area contributed by atoms with E-state index in [1.165, 1.54) is 11.6 Å². The molecule has 0 saturated heterocycles. The highest BCUT2D eigenvalue weighted by Crippen LogP contribution is 2.21. The summed E-state index contributed by atoms with van der Waals surface area (Å²) >= 11 is 0. The van der Waals surface area contributed by atoms with Crippen LogP contribution >= 0.6 is 0 Å². The molecular formula is C17H19NO3. The molecule has 0 radical (unpaired) electrons. The first kappa shape index (κ1) is 15.0. The molecule has 2 rings (SSSR count). The summed E-state index contributed by atoms with van der Waals surface area (Å²) in [6.07, 6.45) is 1.10. The fraction of sp³-hybridized carbons (Fsp3) is 0.294. The highest BCUT2D eigenvalue weighted by atomic mass is 16.5. The fourth-order valence-corrected chi connectivity index (χ4v) is 1.96. The topological polar surface area (TPSA) is 59.4 Å². The quantitative estimate of drug-likeness (QED) is 0.875. The van der Waals surface area contributed by atoms with Crippen molar-refractivity contribution in [1.82, 2.24) is 4.98 Å². The molecule has 1 N–H and O–H groups in total. The van der Waals surface area contributed by atoms with E-state index in [4.69, 9.17) is 9.84 Å². The second-order valence-corrected chi connectivity index (χ2v) is 4.99. The lowest BCUT2D eigenvalue weighted by Crippen LogP contribution is -2.05. The number of aromatic carboxylic acids is 1. The van der Waals surface area contributed by atoms with Gasteiger partial charge in [0.15, 0.2) is 0 Å². The van der Waals surface area contributed by atoms with Crippen molar-refractivity contribution in [2.24, 2.45) is 0 Å². The molecule has 4 nitrogen and oxygen atoms in total. The Labute approximate surface area is 124 Å². The highest BCUT2D eigenvalue weighted by Gasteiger charge is 2.06. The summed E-state index contributed by atoms with van der Waals surface area (Å²) in [5.41, 5.74) is 1.92. The van der Waals surface area contributed by atoms with Gasteiger partial charge >= 0.3 is 5.97 Å². The largest absolute Gasteiger partial charge is 0.487 e. The second kappa shape index (κ2) is 6.88. The minimum atomic E-state index is -1.03. The minimum Gasteiger partial charge on any atom is -0.487 e. The van der Waals surface area contributed by atoms with Gasteiger partial charge in [-0.1, -0.05) is 32.0 Å². The Hall–Kier alpha value is -2.36. The van der Waals surface area contributed by atoms with E-state index in [9.17, 15) is 4.79 Å². The number of nitrogens with zero attached hydrogens (tertiary/aromatic N) is 1. The molecule has 0 aliphatic carbocycles. The standard InChI is InChI=1S/C17H19NO3/c1-3-12(2)13-7-9-15(10-8-13)21-11-14-5-4-6-16(18-14)17(19)20/h4-10,12H,3,11H2,1-2H3,(H,19,20). The molecule has 2 aromatic rings. The molecule has 4 heteroatoms. The zero-order valence-electron chi connectivity index (χ0n) is 12.2. The van der Waals surface area contributed by atoms with Crippen LogP contribution in [0.1, 0.15) is 47.9 Å². The second-order valence-electron chi connectivity index (χ2n) is 4.99. The van der Waals surface area contributed by atoms with Gasteiger partial charge in [0.1, 0.15) is 18.1 Å². The Morgan fingerprint density at radius 1 is 1.24 bits per heavy atom. The van der Waals surface area contributed by atoms with Crippen molar-refractivity contribution >= 4 is 5.97 Å². The molecule has 0 aliphatic rings. The van der Waals surface area contributed by atoms with Crippen molar-refractivity contribution in [3.05, 3.63) is 59.4 Å². The Bertz CT molecular complexity index is 608. The van der Waals surface area contributed by atoms with E-state index in [-0.39, 0.29) is 12.3 Å². The SMILES string of the molecule is CCC(C)c1ccc(OCc2cccc(C(=O)O)n2)cc1. The van der Waals surface area contributed by atoms with E-state index < -0.39 is 5.97 Å². The van der Waals surface area contributed by atoms with Gasteiger partial charge in [-0.25, -0.2) is 9.78 Å². The number of rotatable bonds is 6. The average molecular weight is 285 g/mol. The number of carboxylic acids is 1. The zero-order valence-corrected chi connectivity index (χ0v) is 12.2. The third-order valence-electron chi connectivity index (χ3n) is 3.47. The zero-order chi connectivity index (χ0) is 15.2. The molecule has 1 heterocycles. The molecule has 0 bridgehead atoms. The van der Waals surface area contributed by atoms with Crippen molar-refractivity contribution in [3.8, 4) is 5.75 Å². The van der Waals surface area contributed by atoms with Gasteiger partial charge in [-0.15, -0.1) is 0 Å². The molecule has 110 valence electrons. The van der Waals surface area contributed by atoms with Crippen LogP contribution in [0.3, 0.4) is 0 Å². The molecular weight excluding hydrogens is 266 g/mol. The summed E-state index contributed by atoms with van der Waals surface area (Å²) in [6, 6.07) is 12.9. The normalized spacial score (nSPS) is 11.9. The number of pyridine rings is 1. The Kier molecular flexibility index (Phi) is 4.93. The number of aromatic nitrogens is 1. The Balaban J connectivity index is 1.99. The van der Waals surface area contributed by atoms with Crippen LogP contribution in [0.4, 0.5) is 0 Å². The highest BCUT2D eigenvalue weighted by molar-refractivity contribution is 5.85. The summed E-state index contributed by atoms with van der Waals surface area (Å²) in [7, 11) is 0. The van der Waals surface area contributed by atoms with E-state index >= 15 is 0 Å². The maximum absolute atomic E-state index is 10.9. The summed E-state index contributed by atoms with van der Waals surface area (Å²) < 4.78 is 5.64. The first-order valence-corrected chi connectivity index (χ1v) is 7.02. The first-order valence-electron chi connectivity index (χ1n) is 7.02. The predicted octanol–water partition coefficient (Wildman–Crippen LogP) is 3.87. The third kappa shape index (κ3) is 4.05. The van der Waals surface area contributed by atoms with Crippen LogP contribution in [0.5, 0.6) is 5.75 Å². The van der Waals surface area contributed by atoms with Crippen LogP contribution in [0.15, 0.2) is 42.5 Å². The summed E-state index contributed by atoms with van der Waals surface area (Å²) in [4.78, 5) is 14.9. The van der Waals surface area contributed by atoms with Gasteiger partial charge in [0, 0.05) is 0 Å². The van der Waals surface area contributed by atoms with Gasteiger partial charge in [0.2, 0.25) is 0 Å². The van der Waals surface area contributed by atoms with E-state index in [0.29, 0.717) is 11.6 Å².